The Labute approximate surface area is 239 Å². The number of carbonyl (C=O) groups is 1. The molecule has 0 fully saturated rings. The van der Waals surface area contributed by atoms with E-state index in [4.69, 9.17) is 0 Å². The van der Waals surface area contributed by atoms with Crippen molar-refractivity contribution >= 4 is 33.6 Å². The third kappa shape index (κ3) is 12.8. The Balaban J connectivity index is 1.67. The number of hydrogen-bond donors (Lipinski definition) is 3. The molecule has 0 spiro atoms. The molecule has 0 aliphatic carbocycles. The molecule has 6 nitrogen and oxygen atoms in total. The van der Waals surface area contributed by atoms with Gasteiger partial charge in [0.05, 0.1) is 12.0 Å². The van der Waals surface area contributed by atoms with Crippen LogP contribution in [0.15, 0.2) is 36.4 Å². The molecule has 0 heterocycles. The van der Waals surface area contributed by atoms with Crippen molar-refractivity contribution in [3.8, 4) is 0 Å². The molecule has 0 radical (unpaired) electrons. The van der Waals surface area contributed by atoms with Crippen LogP contribution in [0.25, 0.3) is 10.8 Å². The molecule has 0 saturated heterocycles. The van der Waals surface area contributed by atoms with Crippen LogP contribution in [-0.4, -0.2) is 32.4 Å². The third-order valence-corrected chi connectivity index (χ3v) is 7.96. The maximum atomic E-state index is 13.2. The Morgan fingerprint density at radius 2 is 1.33 bits per heavy atom. The fourth-order valence-corrected chi connectivity index (χ4v) is 5.75. The second-order valence-corrected chi connectivity index (χ2v) is 11.6. The second kappa shape index (κ2) is 20.0. The highest BCUT2D eigenvalue weighted by Crippen LogP contribution is 2.35. The zero-order chi connectivity index (χ0) is 28.3. The number of aliphatic hydroxyl groups excluding tert-OH is 1. The first kappa shape index (κ1) is 33.2. The molecule has 0 aliphatic rings. The Morgan fingerprint density at radius 3 is 1.85 bits per heavy atom. The van der Waals surface area contributed by atoms with Gasteiger partial charge in [-0.1, -0.05) is 134 Å². The largest absolute Gasteiger partial charge is 0.755 e. The molecule has 7 heteroatoms. The van der Waals surface area contributed by atoms with E-state index >= 15 is 0 Å². The first-order valence-electron chi connectivity index (χ1n) is 15.3. The number of amides is 1. The maximum Gasteiger partial charge on any atom is 0.230 e. The minimum absolute atomic E-state index is 0.290. The molecule has 3 atom stereocenters. The van der Waals surface area contributed by atoms with Gasteiger partial charge in [-0.05, 0) is 35.7 Å². The highest BCUT2D eigenvalue weighted by Gasteiger charge is 2.29. The van der Waals surface area contributed by atoms with E-state index in [1.165, 1.54) is 89.9 Å². The van der Waals surface area contributed by atoms with E-state index in [1.807, 2.05) is 30.3 Å². The van der Waals surface area contributed by atoms with E-state index in [-0.39, 0.29) is 5.91 Å². The highest BCUT2D eigenvalue weighted by molar-refractivity contribution is 7.80. The van der Waals surface area contributed by atoms with Gasteiger partial charge in [-0.25, -0.2) is 0 Å². The SMILES string of the molecule is CCCCCCCCCCCCCCCCCCNC(=O)[C@@H](c1c(NS(=O)[O-])ccc2ccccc12)[C@@H](C)O. The smallest absolute Gasteiger partial charge is 0.230 e. The predicted octanol–water partition coefficient (Wildman–Crippen LogP) is 7.89. The van der Waals surface area contributed by atoms with E-state index in [1.54, 1.807) is 13.0 Å². The van der Waals surface area contributed by atoms with Crippen molar-refractivity contribution in [2.45, 2.75) is 129 Å². The van der Waals surface area contributed by atoms with Gasteiger partial charge in [0.2, 0.25) is 5.91 Å². The first-order chi connectivity index (χ1) is 19.0. The predicted molar refractivity (Wildman–Crippen MR) is 163 cm³/mol. The molecule has 2 aromatic carbocycles. The van der Waals surface area contributed by atoms with Gasteiger partial charge in [0.25, 0.3) is 0 Å². The highest BCUT2D eigenvalue weighted by atomic mass is 32.2. The van der Waals surface area contributed by atoms with Gasteiger partial charge in [-0.3, -0.25) is 9.00 Å². The number of unbranched alkanes of at least 4 members (excludes halogenated alkanes) is 15. The lowest BCUT2D eigenvalue weighted by molar-refractivity contribution is -0.124. The molecule has 0 bridgehead atoms. The van der Waals surface area contributed by atoms with Gasteiger partial charge in [-0.15, -0.1) is 0 Å². The lowest BCUT2D eigenvalue weighted by Gasteiger charge is -2.25. The van der Waals surface area contributed by atoms with E-state index in [9.17, 15) is 18.7 Å². The summed E-state index contributed by atoms with van der Waals surface area (Å²) >= 11 is -2.54. The molecule has 39 heavy (non-hydrogen) atoms. The minimum Gasteiger partial charge on any atom is -0.755 e. The summed E-state index contributed by atoms with van der Waals surface area (Å²) in [5.74, 6) is -1.18. The monoisotopic (exact) mass is 559 g/mol. The molecule has 0 aromatic heterocycles. The normalized spacial score (nSPS) is 13.7. The van der Waals surface area contributed by atoms with Crippen molar-refractivity contribution in [3.63, 3.8) is 0 Å². The van der Waals surface area contributed by atoms with Crippen LogP contribution in [0.3, 0.4) is 0 Å². The summed E-state index contributed by atoms with van der Waals surface area (Å²) in [6, 6.07) is 10.9. The molecule has 2 rings (SSSR count). The molecular formula is C32H51N2O4S-. The number of benzene rings is 2. The van der Waals surface area contributed by atoms with Gasteiger partial charge < -0.3 is 19.7 Å². The van der Waals surface area contributed by atoms with E-state index < -0.39 is 23.3 Å². The summed E-state index contributed by atoms with van der Waals surface area (Å²) in [7, 11) is 0. The van der Waals surface area contributed by atoms with Gasteiger partial charge in [0.1, 0.15) is 0 Å². The molecule has 0 aliphatic heterocycles. The lowest BCUT2D eigenvalue weighted by atomic mass is 9.87. The molecular weight excluding hydrogens is 508 g/mol. The maximum absolute atomic E-state index is 13.2. The summed E-state index contributed by atoms with van der Waals surface area (Å²) in [5.41, 5.74) is 0.808. The summed E-state index contributed by atoms with van der Waals surface area (Å²) in [6.07, 6.45) is 19.8. The second-order valence-electron chi connectivity index (χ2n) is 10.9. The number of fused-ring (bicyclic) bond motifs is 1. The zero-order valence-electron chi connectivity index (χ0n) is 24.2. The van der Waals surface area contributed by atoms with Crippen molar-refractivity contribution < 1.29 is 18.7 Å². The van der Waals surface area contributed by atoms with Crippen molar-refractivity contribution in [1.29, 1.82) is 0 Å². The van der Waals surface area contributed by atoms with Gasteiger partial charge in [0.15, 0.2) is 0 Å². The number of rotatable bonds is 22. The number of nitrogens with one attached hydrogen (secondary N) is 2. The van der Waals surface area contributed by atoms with Crippen LogP contribution in [0.5, 0.6) is 0 Å². The first-order valence-corrected chi connectivity index (χ1v) is 16.4. The number of anilines is 1. The topological polar surface area (TPSA) is 101 Å². The third-order valence-electron chi connectivity index (χ3n) is 7.57. The fourth-order valence-electron chi connectivity index (χ4n) is 5.40. The summed E-state index contributed by atoms with van der Waals surface area (Å²) in [6.45, 7) is 4.38. The minimum atomic E-state index is -2.54. The summed E-state index contributed by atoms with van der Waals surface area (Å²) in [5, 5.41) is 15.2. The van der Waals surface area contributed by atoms with Gasteiger partial charge in [0, 0.05) is 23.5 Å². The van der Waals surface area contributed by atoms with Crippen molar-refractivity contribution in [3.05, 3.63) is 42.0 Å². The van der Waals surface area contributed by atoms with Crippen LogP contribution < -0.4 is 10.0 Å². The number of hydrogen-bond acceptors (Lipinski definition) is 4. The van der Waals surface area contributed by atoms with Gasteiger partial charge >= 0.3 is 0 Å². The standard InChI is InChI=1S/C32H52N2O4S/c1-3-4-5-6-7-8-9-10-11-12-13-14-15-16-17-20-25-33-32(36)30(26(2)35)31-28-22-19-18-21-27(28)23-24-29(31)34-39(37)38/h18-19,21-24,26,30,34-35H,3-17,20,25H2,1-2H3,(H,33,36)(H,37,38)/p-1/t26-,30-/m1/s1. The lowest BCUT2D eigenvalue weighted by Crippen LogP contribution is -2.36. The van der Waals surface area contributed by atoms with Crippen molar-refractivity contribution in [1.82, 2.24) is 5.32 Å². The van der Waals surface area contributed by atoms with Crippen LogP contribution in [0.4, 0.5) is 5.69 Å². The Hall–Kier alpha value is -1.96. The fraction of sp³-hybridized carbons (Fsp3) is 0.656. The van der Waals surface area contributed by atoms with E-state index in [0.717, 1.165) is 23.6 Å². The number of aliphatic hydroxyl groups is 1. The average Bonchev–Trinajstić information content (AvgIpc) is 2.91. The van der Waals surface area contributed by atoms with Crippen LogP contribution in [0, 0.1) is 0 Å². The van der Waals surface area contributed by atoms with Crippen LogP contribution in [0.1, 0.15) is 128 Å². The zero-order valence-corrected chi connectivity index (χ0v) is 25.0. The Morgan fingerprint density at radius 1 is 0.821 bits per heavy atom. The molecule has 2 aromatic rings. The van der Waals surface area contributed by atoms with Crippen LogP contribution in [-0.2, 0) is 16.1 Å². The summed E-state index contributed by atoms with van der Waals surface area (Å²) < 4.78 is 25.2. The van der Waals surface area contributed by atoms with Crippen LogP contribution >= 0.6 is 0 Å². The van der Waals surface area contributed by atoms with Crippen molar-refractivity contribution in [2.24, 2.45) is 0 Å². The molecule has 3 N–H and O–H groups in total. The molecule has 1 unspecified atom stereocenters. The molecule has 220 valence electrons. The Bertz CT molecular complexity index is 982. The quantitative estimate of drug-likeness (QED) is 0.101. The van der Waals surface area contributed by atoms with Crippen LogP contribution in [0.2, 0.25) is 0 Å². The average molecular weight is 560 g/mol. The summed E-state index contributed by atoms with van der Waals surface area (Å²) in [4.78, 5) is 13.2. The number of carbonyl (C=O) groups excluding carboxylic acids is 1. The van der Waals surface area contributed by atoms with E-state index in [2.05, 4.69) is 17.0 Å². The van der Waals surface area contributed by atoms with Crippen molar-refractivity contribution in [2.75, 3.05) is 11.3 Å². The molecule has 0 saturated carbocycles. The Kier molecular flexibility index (Phi) is 17.0. The van der Waals surface area contributed by atoms with E-state index in [0.29, 0.717) is 17.8 Å². The molecule has 1 amide bonds. The van der Waals surface area contributed by atoms with Gasteiger partial charge in [-0.2, -0.15) is 0 Å².